The van der Waals surface area contributed by atoms with Crippen LogP contribution in [-0.2, 0) is 0 Å². The molecular weight excluding hydrogens is 124 g/mol. The Morgan fingerprint density at radius 2 is 1.10 bits per heavy atom. The number of nitrogens with two attached hydrogens (primary N) is 2. The largest absolute Gasteiger partial charge is 0.401 e. The molecule has 0 bridgehead atoms. The normalized spacial score (nSPS) is 22.0. The highest BCUT2D eigenvalue weighted by molar-refractivity contribution is 5.07. The first-order chi connectivity index (χ1) is 4.80. The van der Waals surface area contributed by atoms with E-state index in [0.29, 0.717) is 0 Å². The maximum atomic E-state index is 5.70. The average molecular weight is 140 g/mol. The summed E-state index contributed by atoms with van der Waals surface area (Å²) in [5.41, 5.74) is 13.3. The molecule has 4 N–H and O–H groups in total. The van der Waals surface area contributed by atoms with E-state index in [-0.39, 0.29) is 0 Å². The molecule has 2 heteroatoms. The molecule has 0 saturated heterocycles. The lowest BCUT2D eigenvalue weighted by molar-refractivity contribution is 0.605. The zero-order valence-corrected chi connectivity index (χ0v) is 6.40. The van der Waals surface area contributed by atoms with Crippen molar-refractivity contribution < 1.29 is 0 Å². The van der Waals surface area contributed by atoms with Gasteiger partial charge in [-0.05, 0) is 25.7 Å². The second-order valence-electron chi connectivity index (χ2n) is 2.96. The van der Waals surface area contributed by atoms with Crippen molar-refractivity contribution >= 4 is 0 Å². The molecule has 0 unspecified atom stereocenters. The molecule has 0 atom stereocenters. The third-order valence-electron chi connectivity index (χ3n) is 2.05. The smallest absolute Gasteiger partial charge is 0.0271 e. The molecule has 0 amide bonds. The number of rotatable bonds is 0. The Morgan fingerprint density at radius 3 is 1.50 bits per heavy atom. The van der Waals surface area contributed by atoms with Gasteiger partial charge in [0, 0.05) is 11.4 Å². The van der Waals surface area contributed by atoms with Crippen LogP contribution in [0, 0.1) is 0 Å². The van der Waals surface area contributed by atoms with Crippen LogP contribution in [0.1, 0.15) is 38.5 Å². The maximum Gasteiger partial charge on any atom is 0.0271 e. The first-order valence-corrected chi connectivity index (χ1v) is 4.03. The highest BCUT2D eigenvalue weighted by Crippen LogP contribution is 2.16. The molecule has 0 aromatic rings. The van der Waals surface area contributed by atoms with Crippen molar-refractivity contribution in [3.8, 4) is 0 Å². The molecule has 10 heavy (non-hydrogen) atoms. The molecule has 1 aliphatic rings. The van der Waals surface area contributed by atoms with Crippen LogP contribution in [0.3, 0.4) is 0 Å². The van der Waals surface area contributed by atoms with Gasteiger partial charge < -0.3 is 11.5 Å². The predicted molar refractivity (Wildman–Crippen MR) is 43.1 cm³/mol. The number of hydrogen-bond donors (Lipinski definition) is 2. The van der Waals surface area contributed by atoms with Crippen molar-refractivity contribution in [1.29, 1.82) is 0 Å². The first kappa shape index (κ1) is 7.45. The predicted octanol–water partition coefficient (Wildman–Crippen LogP) is 1.47. The van der Waals surface area contributed by atoms with Crippen LogP contribution in [-0.4, -0.2) is 0 Å². The third kappa shape index (κ3) is 1.94. The van der Waals surface area contributed by atoms with Gasteiger partial charge in [-0.1, -0.05) is 12.8 Å². The minimum Gasteiger partial charge on any atom is -0.401 e. The SMILES string of the molecule is NC1=C(N)CCCCCC1. The van der Waals surface area contributed by atoms with Gasteiger partial charge in [-0.3, -0.25) is 0 Å². The van der Waals surface area contributed by atoms with E-state index >= 15 is 0 Å². The maximum absolute atomic E-state index is 5.70. The van der Waals surface area contributed by atoms with Gasteiger partial charge in [-0.25, -0.2) is 0 Å². The van der Waals surface area contributed by atoms with Crippen LogP contribution < -0.4 is 11.5 Å². The third-order valence-corrected chi connectivity index (χ3v) is 2.05. The molecule has 1 aliphatic carbocycles. The highest BCUT2D eigenvalue weighted by Gasteiger charge is 2.02. The van der Waals surface area contributed by atoms with E-state index in [1.54, 1.807) is 0 Å². The standard InChI is InChI=1S/C8H16N2/c9-7-5-3-1-2-4-6-8(7)10/h1-6,9-10H2. The molecule has 0 spiro atoms. The summed E-state index contributed by atoms with van der Waals surface area (Å²) in [6.45, 7) is 0. The van der Waals surface area contributed by atoms with Crippen molar-refractivity contribution in [2.75, 3.05) is 0 Å². The van der Waals surface area contributed by atoms with Gasteiger partial charge in [0.25, 0.3) is 0 Å². The van der Waals surface area contributed by atoms with Crippen molar-refractivity contribution in [1.82, 2.24) is 0 Å². The Balaban J connectivity index is 2.51. The van der Waals surface area contributed by atoms with Crippen LogP contribution in [0.25, 0.3) is 0 Å². The minimum absolute atomic E-state index is 0.930. The molecule has 0 saturated carbocycles. The zero-order valence-electron chi connectivity index (χ0n) is 6.40. The van der Waals surface area contributed by atoms with E-state index in [9.17, 15) is 0 Å². The number of allylic oxidation sites excluding steroid dienone is 2. The topological polar surface area (TPSA) is 52.0 Å². The quantitative estimate of drug-likeness (QED) is 0.535. The van der Waals surface area contributed by atoms with Crippen molar-refractivity contribution in [2.24, 2.45) is 11.5 Å². The first-order valence-electron chi connectivity index (χ1n) is 4.03. The summed E-state index contributed by atoms with van der Waals surface area (Å²) in [6.07, 6.45) is 7.07. The van der Waals surface area contributed by atoms with E-state index in [1.165, 1.54) is 25.7 Å². The monoisotopic (exact) mass is 140 g/mol. The van der Waals surface area contributed by atoms with Gasteiger partial charge in [0.05, 0.1) is 0 Å². The molecule has 0 aromatic carbocycles. The number of hydrogen-bond acceptors (Lipinski definition) is 2. The lowest BCUT2D eigenvalue weighted by Crippen LogP contribution is -2.11. The summed E-state index contributed by atoms with van der Waals surface area (Å²) in [5, 5.41) is 0. The van der Waals surface area contributed by atoms with E-state index in [1.807, 2.05) is 0 Å². The van der Waals surface area contributed by atoms with E-state index in [2.05, 4.69) is 0 Å². The van der Waals surface area contributed by atoms with Crippen molar-refractivity contribution in [3.63, 3.8) is 0 Å². The molecule has 0 aromatic heterocycles. The van der Waals surface area contributed by atoms with Crippen LogP contribution in [0.5, 0.6) is 0 Å². The molecule has 58 valence electrons. The van der Waals surface area contributed by atoms with Crippen LogP contribution in [0.4, 0.5) is 0 Å². The fraction of sp³-hybridized carbons (Fsp3) is 0.750. The van der Waals surface area contributed by atoms with E-state index in [4.69, 9.17) is 11.5 Å². The lowest BCUT2D eigenvalue weighted by Gasteiger charge is -2.10. The van der Waals surface area contributed by atoms with Gasteiger partial charge in [0.2, 0.25) is 0 Å². The fourth-order valence-corrected chi connectivity index (χ4v) is 1.31. The molecular formula is C8H16N2. The fourth-order valence-electron chi connectivity index (χ4n) is 1.31. The van der Waals surface area contributed by atoms with Gasteiger partial charge in [-0.2, -0.15) is 0 Å². The molecule has 0 aliphatic heterocycles. The van der Waals surface area contributed by atoms with Crippen molar-refractivity contribution in [2.45, 2.75) is 38.5 Å². The summed E-state index contributed by atoms with van der Waals surface area (Å²) >= 11 is 0. The van der Waals surface area contributed by atoms with Crippen LogP contribution in [0.2, 0.25) is 0 Å². The Morgan fingerprint density at radius 1 is 0.700 bits per heavy atom. The van der Waals surface area contributed by atoms with Gasteiger partial charge in [0.1, 0.15) is 0 Å². The Kier molecular flexibility index (Phi) is 2.60. The summed E-state index contributed by atoms with van der Waals surface area (Å²) in [4.78, 5) is 0. The molecule has 0 fully saturated rings. The van der Waals surface area contributed by atoms with E-state index in [0.717, 1.165) is 24.2 Å². The molecule has 0 heterocycles. The average Bonchev–Trinajstić information content (AvgIpc) is 1.92. The minimum atomic E-state index is 0.930. The summed E-state index contributed by atoms with van der Waals surface area (Å²) in [5.74, 6) is 0. The van der Waals surface area contributed by atoms with Gasteiger partial charge in [0.15, 0.2) is 0 Å². The zero-order chi connectivity index (χ0) is 7.40. The highest BCUT2D eigenvalue weighted by atomic mass is 14.7. The Labute approximate surface area is 62.3 Å². The van der Waals surface area contributed by atoms with Gasteiger partial charge in [-0.15, -0.1) is 0 Å². The Hall–Kier alpha value is -0.660. The summed E-state index contributed by atoms with van der Waals surface area (Å²) in [6, 6.07) is 0. The van der Waals surface area contributed by atoms with E-state index < -0.39 is 0 Å². The summed E-state index contributed by atoms with van der Waals surface area (Å²) < 4.78 is 0. The van der Waals surface area contributed by atoms with Crippen LogP contribution >= 0.6 is 0 Å². The second-order valence-corrected chi connectivity index (χ2v) is 2.96. The van der Waals surface area contributed by atoms with Crippen LogP contribution in [0.15, 0.2) is 11.4 Å². The molecule has 0 radical (unpaired) electrons. The molecule has 2 nitrogen and oxygen atoms in total. The van der Waals surface area contributed by atoms with Gasteiger partial charge >= 0.3 is 0 Å². The molecule has 1 rings (SSSR count). The second kappa shape index (κ2) is 3.49. The lowest BCUT2D eigenvalue weighted by atomic mass is 10.0. The summed E-state index contributed by atoms with van der Waals surface area (Å²) in [7, 11) is 0. The van der Waals surface area contributed by atoms with Crippen molar-refractivity contribution in [3.05, 3.63) is 11.4 Å². The Bertz CT molecular complexity index is 122.